The number of aromatic nitrogens is 2. The molecule has 0 saturated heterocycles. The molecule has 1 aromatic heterocycles. The number of aromatic amines is 1. The van der Waals surface area contributed by atoms with Crippen molar-refractivity contribution in [2.75, 3.05) is 0 Å². The zero-order valence-electron chi connectivity index (χ0n) is 7.15. The van der Waals surface area contributed by atoms with Gasteiger partial charge < -0.3 is 0 Å². The number of aryl methyl sites for hydroxylation is 1. The number of hydrogen-bond donors (Lipinski definition) is 1. The fourth-order valence-corrected chi connectivity index (χ4v) is 1.16. The van der Waals surface area contributed by atoms with Gasteiger partial charge in [-0.3, -0.25) is 4.52 Å². The summed E-state index contributed by atoms with van der Waals surface area (Å²) in [4.78, 5) is 10.7. The van der Waals surface area contributed by atoms with Crippen LogP contribution in [-0.4, -0.2) is 5.27 Å². The maximum absolute atomic E-state index is 10.7. The molecule has 1 heterocycles. The Balaban J connectivity index is 2.52. The average Bonchev–Trinajstić information content (AvgIpc) is 2.52. The third-order valence-corrected chi connectivity index (χ3v) is 1.76. The predicted octanol–water partition coefficient (Wildman–Crippen LogP) is 0.553. The molecule has 0 aliphatic heterocycles. The van der Waals surface area contributed by atoms with E-state index in [1.165, 1.54) is 10.9 Å². The van der Waals surface area contributed by atoms with Crippen LogP contribution in [-0.2, 0) is 0 Å². The third-order valence-electron chi connectivity index (χ3n) is 1.76. The number of rotatable bonds is 1. The first-order chi connectivity index (χ1) is 6.25. The summed E-state index contributed by atoms with van der Waals surface area (Å²) in [7, 11) is 0. The molecular formula is C9H9N2O2+. The highest BCUT2D eigenvalue weighted by molar-refractivity contribution is 5.26. The summed E-state index contributed by atoms with van der Waals surface area (Å²) < 4.78 is 6.08. The fraction of sp³-hybridized carbons (Fsp3) is 0.111. The zero-order chi connectivity index (χ0) is 9.26. The van der Waals surface area contributed by atoms with E-state index < -0.39 is 0 Å². The first-order valence-electron chi connectivity index (χ1n) is 3.93. The third kappa shape index (κ3) is 1.51. The lowest BCUT2D eigenvalue weighted by atomic mass is 10.2. The quantitative estimate of drug-likeness (QED) is 0.647. The van der Waals surface area contributed by atoms with E-state index in [-0.39, 0.29) is 5.63 Å². The van der Waals surface area contributed by atoms with Crippen LogP contribution in [0.25, 0.3) is 5.69 Å². The molecule has 0 radical (unpaired) electrons. The molecule has 0 bridgehead atoms. The van der Waals surface area contributed by atoms with Gasteiger partial charge in [-0.25, -0.2) is 4.79 Å². The average molecular weight is 177 g/mol. The second-order valence-corrected chi connectivity index (χ2v) is 2.85. The van der Waals surface area contributed by atoms with Crippen LogP contribution in [0.15, 0.2) is 39.8 Å². The minimum absolute atomic E-state index is 0.387. The number of hydrogen-bond acceptors (Lipinski definition) is 2. The van der Waals surface area contributed by atoms with Crippen molar-refractivity contribution in [1.82, 2.24) is 5.27 Å². The van der Waals surface area contributed by atoms with Gasteiger partial charge in [-0.05, 0) is 22.4 Å². The van der Waals surface area contributed by atoms with Crippen molar-refractivity contribution < 1.29 is 9.20 Å². The van der Waals surface area contributed by atoms with Crippen molar-refractivity contribution in [1.29, 1.82) is 0 Å². The monoisotopic (exact) mass is 177 g/mol. The Morgan fingerprint density at radius 2 is 2.31 bits per heavy atom. The Hall–Kier alpha value is -1.84. The van der Waals surface area contributed by atoms with Crippen LogP contribution in [0.3, 0.4) is 0 Å². The van der Waals surface area contributed by atoms with Crippen molar-refractivity contribution in [3.63, 3.8) is 0 Å². The molecule has 2 rings (SSSR count). The maximum Gasteiger partial charge on any atom is 0.427 e. The lowest BCUT2D eigenvalue weighted by molar-refractivity contribution is -0.670. The molecule has 2 aromatic rings. The Bertz CT molecular complexity index is 470. The number of H-pyrrole nitrogens is 1. The predicted molar refractivity (Wildman–Crippen MR) is 45.6 cm³/mol. The van der Waals surface area contributed by atoms with Gasteiger partial charge in [-0.1, -0.05) is 12.1 Å². The van der Waals surface area contributed by atoms with Crippen LogP contribution in [0, 0.1) is 6.92 Å². The van der Waals surface area contributed by atoms with Crippen LogP contribution in [0.4, 0.5) is 0 Å². The van der Waals surface area contributed by atoms with Gasteiger partial charge in [0.15, 0.2) is 0 Å². The highest BCUT2D eigenvalue weighted by Crippen LogP contribution is 2.01. The molecule has 4 nitrogen and oxygen atoms in total. The van der Waals surface area contributed by atoms with Gasteiger partial charge in [0.25, 0.3) is 6.20 Å². The molecular weight excluding hydrogens is 168 g/mol. The molecule has 0 amide bonds. The summed E-state index contributed by atoms with van der Waals surface area (Å²) in [6.07, 6.45) is 1.36. The summed E-state index contributed by atoms with van der Waals surface area (Å²) in [6.45, 7) is 1.99. The minimum Gasteiger partial charge on any atom is -0.283 e. The van der Waals surface area contributed by atoms with Gasteiger partial charge in [-0.15, -0.1) is 0 Å². The van der Waals surface area contributed by atoms with E-state index in [1.807, 2.05) is 31.2 Å². The second-order valence-electron chi connectivity index (χ2n) is 2.85. The maximum atomic E-state index is 10.7. The smallest absolute Gasteiger partial charge is 0.283 e. The molecule has 1 N–H and O–H groups in total. The van der Waals surface area contributed by atoms with Gasteiger partial charge in [0.1, 0.15) is 0 Å². The van der Waals surface area contributed by atoms with Crippen LogP contribution in [0.2, 0.25) is 0 Å². The fourth-order valence-electron chi connectivity index (χ4n) is 1.16. The summed E-state index contributed by atoms with van der Waals surface area (Å²) >= 11 is 0. The minimum atomic E-state index is -0.387. The summed E-state index contributed by atoms with van der Waals surface area (Å²) in [5.41, 5.74) is 1.62. The van der Waals surface area contributed by atoms with E-state index >= 15 is 0 Å². The van der Waals surface area contributed by atoms with Crippen LogP contribution < -0.4 is 10.3 Å². The SMILES string of the molecule is Cc1cccc(-[n+]2cc(=O)o[nH]2)c1. The Morgan fingerprint density at radius 1 is 1.46 bits per heavy atom. The second kappa shape index (κ2) is 2.90. The van der Waals surface area contributed by atoms with Crippen LogP contribution in [0.5, 0.6) is 0 Å². The number of benzene rings is 1. The Labute approximate surface area is 74.4 Å². The van der Waals surface area contributed by atoms with Crippen molar-refractivity contribution in [3.05, 3.63) is 46.4 Å². The van der Waals surface area contributed by atoms with E-state index in [9.17, 15) is 4.79 Å². The first-order valence-corrected chi connectivity index (χ1v) is 3.93. The molecule has 0 unspecified atom stereocenters. The van der Waals surface area contributed by atoms with E-state index in [2.05, 4.69) is 9.79 Å². The summed E-state index contributed by atoms with van der Waals surface area (Å²) in [5.74, 6) is 0. The Kier molecular flexibility index (Phi) is 1.73. The first kappa shape index (κ1) is 7.79. The molecule has 0 aliphatic carbocycles. The molecule has 0 saturated carbocycles. The van der Waals surface area contributed by atoms with E-state index in [1.54, 1.807) is 0 Å². The zero-order valence-corrected chi connectivity index (χ0v) is 7.15. The van der Waals surface area contributed by atoms with Crippen molar-refractivity contribution >= 4 is 0 Å². The van der Waals surface area contributed by atoms with Gasteiger partial charge >= 0.3 is 5.63 Å². The Morgan fingerprint density at radius 3 is 2.92 bits per heavy atom. The molecule has 66 valence electrons. The molecule has 0 atom stereocenters. The van der Waals surface area contributed by atoms with Crippen molar-refractivity contribution in [3.8, 4) is 5.69 Å². The highest BCUT2D eigenvalue weighted by Gasteiger charge is 2.09. The number of nitrogens with one attached hydrogen (secondary N) is 1. The van der Waals surface area contributed by atoms with Gasteiger partial charge in [0, 0.05) is 12.1 Å². The topological polar surface area (TPSA) is 49.9 Å². The van der Waals surface area contributed by atoms with Gasteiger partial charge in [0.2, 0.25) is 5.69 Å². The number of nitrogens with zero attached hydrogens (tertiary/aromatic N) is 1. The standard InChI is InChI=1S/C9H8N2O2/c1-7-3-2-4-8(5-7)11-6-9(12)13-10-11/h2-6H,1H3/p+1. The molecule has 0 aliphatic rings. The van der Waals surface area contributed by atoms with Crippen molar-refractivity contribution in [2.45, 2.75) is 6.92 Å². The molecule has 4 heteroatoms. The van der Waals surface area contributed by atoms with Crippen molar-refractivity contribution in [2.24, 2.45) is 0 Å². The van der Waals surface area contributed by atoms with E-state index in [4.69, 9.17) is 0 Å². The van der Waals surface area contributed by atoms with E-state index in [0.29, 0.717) is 0 Å². The molecule has 13 heavy (non-hydrogen) atoms. The lowest BCUT2D eigenvalue weighted by Gasteiger charge is -1.90. The highest BCUT2D eigenvalue weighted by atomic mass is 16.5. The molecule has 0 fully saturated rings. The summed E-state index contributed by atoms with van der Waals surface area (Å²) in [5, 5.41) is 2.48. The van der Waals surface area contributed by atoms with Gasteiger partial charge in [-0.2, -0.15) is 0 Å². The molecule has 1 aromatic carbocycles. The van der Waals surface area contributed by atoms with Crippen LogP contribution >= 0.6 is 0 Å². The van der Waals surface area contributed by atoms with E-state index in [0.717, 1.165) is 11.3 Å². The largest absolute Gasteiger partial charge is 0.427 e. The lowest BCUT2D eigenvalue weighted by Crippen LogP contribution is -2.32. The van der Waals surface area contributed by atoms with Gasteiger partial charge in [0.05, 0.1) is 0 Å². The summed E-state index contributed by atoms with van der Waals surface area (Å²) in [6, 6.07) is 7.75. The normalized spacial score (nSPS) is 10.2. The molecule has 0 spiro atoms. The van der Waals surface area contributed by atoms with Crippen LogP contribution in [0.1, 0.15) is 5.56 Å².